The second kappa shape index (κ2) is 9.21. The number of benzene rings is 1. The Morgan fingerprint density at radius 1 is 1.33 bits per heavy atom. The fraction of sp³-hybridized carbons (Fsp3) is 0.455. The smallest absolute Gasteiger partial charge is 0.268 e. The number of hydrogen-bond acceptors (Lipinski definition) is 6. The molecule has 30 heavy (non-hydrogen) atoms. The van der Waals surface area contributed by atoms with Gasteiger partial charge in [-0.2, -0.15) is 0 Å². The van der Waals surface area contributed by atoms with Crippen LogP contribution in [0, 0.1) is 0 Å². The minimum absolute atomic E-state index is 0.178. The molecule has 0 bridgehead atoms. The van der Waals surface area contributed by atoms with E-state index in [9.17, 15) is 14.7 Å². The van der Waals surface area contributed by atoms with Gasteiger partial charge in [-0.1, -0.05) is 13.0 Å². The molecule has 3 rings (SSSR count). The van der Waals surface area contributed by atoms with Crippen molar-refractivity contribution in [3.05, 3.63) is 40.7 Å². The zero-order valence-electron chi connectivity index (χ0n) is 17.7. The molecule has 0 spiro atoms. The van der Waals surface area contributed by atoms with Gasteiger partial charge in [0.25, 0.3) is 11.5 Å². The lowest BCUT2D eigenvalue weighted by Gasteiger charge is -2.23. The van der Waals surface area contributed by atoms with Crippen molar-refractivity contribution >= 4 is 16.8 Å². The van der Waals surface area contributed by atoms with Gasteiger partial charge in [0.05, 0.1) is 19.7 Å². The number of nitrogens with one attached hydrogen (secondary N) is 1. The van der Waals surface area contributed by atoms with E-state index in [4.69, 9.17) is 9.47 Å². The SMILES string of the molecule is C=CCn1c(=O)c(C(=O)NC[C@@H]2CCCN2CC)c(O)c2cc(OC)c(OC)cc21. The second-order valence-corrected chi connectivity index (χ2v) is 7.29. The van der Waals surface area contributed by atoms with Crippen LogP contribution in [0.1, 0.15) is 30.1 Å². The number of methoxy groups -OCH3 is 2. The van der Waals surface area contributed by atoms with Gasteiger partial charge in [-0.25, -0.2) is 0 Å². The minimum atomic E-state index is -0.588. The number of amides is 1. The van der Waals surface area contributed by atoms with E-state index in [1.807, 2.05) is 0 Å². The molecular formula is C22H29N3O5. The molecule has 1 fully saturated rings. The summed E-state index contributed by atoms with van der Waals surface area (Å²) in [5.74, 6) is -0.151. The van der Waals surface area contributed by atoms with Crippen LogP contribution in [-0.2, 0) is 6.54 Å². The fourth-order valence-electron chi connectivity index (χ4n) is 4.12. The number of aromatic hydroxyl groups is 1. The molecule has 1 aliphatic rings. The van der Waals surface area contributed by atoms with E-state index < -0.39 is 11.5 Å². The van der Waals surface area contributed by atoms with Gasteiger partial charge in [0.1, 0.15) is 11.3 Å². The number of likely N-dealkylation sites (N-methyl/N-ethyl adjacent to an activating group) is 1. The van der Waals surface area contributed by atoms with Crippen LogP contribution >= 0.6 is 0 Å². The molecule has 0 saturated carbocycles. The Kier molecular flexibility index (Phi) is 6.66. The molecule has 0 unspecified atom stereocenters. The highest BCUT2D eigenvalue weighted by molar-refractivity contribution is 6.03. The first kappa shape index (κ1) is 21.7. The first-order chi connectivity index (χ1) is 14.5. The first-order valence-corrected chi connectivity index (χ1v) is 10.1. The van der Waals surface area contributed by atoms with Gasteiger partial charge in [-0.15, -0.1) is 6.58 Å². The van der Waals surface area contributed by atoms with Crippen LogP contribution in [0.2, 0.25) is 0 Å². The van der Waals surface area contributed by atoms with E-state index >= 15 is 0 Å². The summed E-state index contributed by atoms with van der Waals surface area (Å²) in [4.78, 5) is 28.3. The van der Waals surface area contributed by atoms with Crippen molar-refractivity contribution in [1.29, 1.82) is 0 Å². The highest BCUT2D eigenvalue weighted by atomic mass is 16.5. The summed E-state index contributed by atoms with van der Waals surface area (Å²) in [5, 5.41) is 14.0. The van der Waals surface area contributed by atoms with E-state index in [2.05, 4.69) is 23.7 Å². The fourth-order valence-corrected chi connectivity index (χ4v) is 4.12. The lowest BCUT2D eigenvalue weighted by Crippen LogP contribution is -2.41. The summed E-state index contributed by atoms with van der Waals surface area (Å²) in [6, 6.07) is 3.41. The summed E-state index contributed by atoms with van der Waals surface area (Å²) >= 11 is 0. The number of ether oxygens (including phenoxy) is 2. The summed E-state index contributed by atoms with van der Waals surface area (Å²) in [6.45, 7) is 8.31. The number of aromatic nitrogens is 1. The maximum atomic E-state index is 13.1. The number of hydrogen-bond donors (Lipinski definition) is 2. The third kappa shape index (κ3) is 3.87. The monoisotopic (exact) mass is 415 g/mol. The van der Waals surface area contributed by atoms with E-state index in [1.54, 1.807) is 18.2 Å². The molecule has 0 radical (unpaired) electrons. The molecule has 2 heterocycles. The number of allylic oxidation sites excluding steroid dienone is 1. The molecule has 8 heteroatoms. The van der Waals surface area contributed by atoms with Crippen LogP contribution < -0.4 is 20.3 Å². The van der Waals surface area contributed by atoms with Crippen molar-refractivity contribution < 1.29 is 19.4 Å². The van der Waals surface area contributed by atoms with Gasteiger partial charge >= 0.3 is 0 Å². The topological polar surface area (TPSA) is 93.0 Å². The average Bonchev–Trinajstić information content (AvgIpc) is 3.22. The molecule has 1 saturated heterocycles. The molecule has 1 aromatic heterocycles. The molecule has 1 amide bonds. The molecule has 2 aromatic rings. The minimum Gasteiger partial charge on any atom is -0.506 e. The molecule has 162 valence electrons. The van der Waals surface area contributed by atoms with E-state index in [0.29, 0.717) is 28.9 Å². The Bertz CT molecular complexity index is 1010. The summed E-state index contributed by atoms with van der Waals surface area (Å²) in [7, 11) is 2.97. The van der Waals surface area contributed by atoms with E-state index in [1.165, 1.54) is 18.8 Å². The molecular weight excluding hydrogens is 386 g/mol. The van der Waals surface area contributed by atoms with Gasteiger partial charge in [-0.3, -0.25) is 14.5 Å². The number of likely N-dealkylation sites (tertiary alicyclic amines) is 1. The number of carbonyl (C=O) groups is 1. The quantitative estimate of drug-likeness (QED) is 0.642. The Balaban J connectivity index is 2.06. The molecule has 8 nitrogen and oxygen atoms in total. The number of fused-ring (bicyclic) bond motifs is 1. The zero-order valence-corrected chi connectivity index (χ0v) is 17.7. The van der Waals surface area contributed by atoms with Crippen molar-refractivity contribution in [2.24, 2.45) is 0 Å². The summed E-state index contributed by atoms with van der Waals surface area (Å²) in [6.07, 6.45) is 3.65. The van der Waals surface area contributed by atoms with Crippen LogP contribution in [0.4, 0.5) is 0 Å². The van der Waals surface area contributed by atoms with Gasteiger partial charge in [0, 0.05) is 30.6 Å². The van der Waals surface area contributed by atoms with Gasteiger partial charge in [-0.05, 0) is 32.0 Å². The maximum absolute atomic E-state index is 13.1. The van der Waals surface area contributed by atoms with Crippen molar-refractivity contribution in [1.82, 2.24) is 14.8 Å². The Labute approximate surface area is 175 Å². The van der Waals surface area contributed by atoms with Crippen molar-refractivity contribution in [2.75, 3.05) is 33.9 Å². The highest BCUT2D eigenvalue weighted by Crippen LogP contribution is 2.36. The predicted octanol–water partition coefficient (Wildman–Crippen LogP) is 2.12. The molecule has 1 aliphatic heterocycles. The summed E-state index contributed by atoms with van der Waals surface area (Å²) in [5.41, 5.74) is -0.430. The van der Waals surface area contributed by atoms with Crippen LogP contribution in [-0.4, -0.2) is 60.4 Å². The predicted molar refractivity (Wildman–Crippen MR) is 116 cm³/mol. The van der Waals surface area contributed by atoms with E-state index in [-0.39, 0.29) is 23.9 Å². The van der Waals surface area contributed by atoms with Crippen LogP contribution in [0.15, 0.2) is 29.6 Å². The third-order valence-electron chi connectivity index (χ3n) is 5.69. The Morgan fingerprint density at radius 2 is 2.03 bits per heavy atom. The van der Waals surface area contributed by atoms with Crippen molar-refractivity contribution in [3.63, 3.8) is 0 Å². The molecule has 0 aliphatic carbocycles. The van der Waals surface area contributed by atoms with E-state index in [0.717, 1.165) is 25.9 Å². The van der Waals surface area contributed by atoms with Gasteiger partial charge < -0.3 is 24.5 Å². The van der Waals surface area contributed by atoms with Crippen molar-refractivity contribution in [3.8, 4) is 17.2 Å². The second-order valence-electron chi connectivity index (χ2n) is 7.29. The normalized spacial score (nSPS) is 16.6. The number of rotatable bonds is 8. The zero-order chi connectivity index (χ0) is 21.8. The standard InChI is InChI=1S/C22H29N3O5/c1-5-9-25-16-12-18(30-4)17(29-3)11-15(16)20(26)19(22(25)28)21(27)23-13-14-8-7-10-24(14)6-2/h5,11-12,14,26H,1,6-10,13H2,2-4H3,(H,23,27)/t14-/m0/s1. The number of carbonyl (C=O) groups excluding carboxylic acids is 1. The lowest BCUT2D eigenvalue weighted by atomic mass is 10.1. The Hall–Kier alpha value is -3.00. The maximum Gasteiger partial charge on any atom is 0.268 e. The van der Waals surface area contributed by atoms with Crippen LogP contribution in [0.25, 0.3) is 10.9 Å². The van der Waals surface area contributed by atoms with Crippen LogP contribution in [0.3, 0.4) is 0 Å². The van der Waals surface area contributed by atoms with Crippen LogP contribution in [0.5, 0.6) is 17.2 Å². The number of nitrogens with zero attached hydrogens (tertiary/aromatic N) is 2. The van der Waals surface area contributed by atoms with Gasteiger partial charge in [0.15, 0.2) is 11.5 Å². The third-order valence-corrected chi connectivity index (χ3v) is 5.69. The highest BCUT2D eigenvalue weighted by Gasteiger charge is 2.27. The molecule has 2 N–H and O–H groups in total. The molecule has 1 aromatic carbocycles. The largest absolute Gasteiger partial charge is 0.506 e. The Morgan fingerprint density at radius 3 is 2.67 bits per heavy atom. The summed E-state index contributed by atoms with van der Waals surface area (Å²) < 4.78 is 12.0. The molecule has 1 atom stereocenters. The number of pyridine rings is 1. The van der Waals surface area contributed by atoms with Gasteiger partial charge in [0.2, 0.25) is 0 Å². The lowest BCUT2D eigenvalue weighted by molar-refractivity contribution is 0.0937. The van der Waals surface area contributed by atoms with Crippen molar-refractivity contribution in [2.45, 2.75) is 32.4 Å². The average molecular weight is 415 g/mol. The first-order valence-electron chi connectivity index (χ1n) is 10.1.